The predicted molar refractivity (Wildman–Crippen MR) is 161 cm³/mol. The van der Waals surface area contributed by atoms with Gasteiger partial charge in [-0.1, -0.05) is 12.8 Å². The molecule has 0 aliphatic heterocycles. The maximum absolute atomic E-state index is 13.5. The fourth-order valence-electron chi connectivity index (χ4n) is 4.15. The molecule has 41 heavy (non-hydrogen) atoms. The van der Waals surface area contributed by atoms with Crippen LogP contribution < -0.4 is 50.8 Å². The Bertz CT molecular complexity index is 858. The normalized spacial score (nSPS) is 13.8. The molecule has 0 aromatic heterocycles. The number of hydrogen-bond acceptors (Lipinski definition) is 9. The first-order valence-electron chi connectivity index (χ1n) is 14.3. The maximum atomic E-state index is 13.5. The van der Waals surface area contributed by atoms with E-state index in [-0.39, 0.29) is 42.9 Å². The lowest BCUT2D eigenvalue weighted by Gasteiger charge is -2.24. The lowest BCUT2D eigenvalue weighted by atomic mass is 9.90. The molecule has 0 unspecified atom stereocenters. The average molecular weight is 584 g/mol. The van der Waals surface area contributed by atoms with E-state index in [2.05, 4.69) is 20.6 Å². The van der Waals surface area contributed by atoms with Gasteiger partial charge in [0.25, 0.3) is 0 Å². The third-order valence-corrected chi connectivity index (χ3v) is 6.53. The summed E-state index contributed by atoms with van der Waals surface area (Å²) in [6.07, 6.45) is 4.88. The van der Waals surface area contributed by atoms with Gasteiger partial charge in [-0.05, 0) is 71.4 Å². The Hall–Kier alpha value is -3.30. The van der Waals surface area contributed by atoms with Crippen LogP contribution in [0.4, 0.5) is 0 Å². The van der Waals surface area contributed by atoms with Crippen molar-refractivity contribution < 1.29 is 19.2 Å². The summed E-state index contributed by atoms with van der Waals surface area (Å²) in [6, 6.07) is -2.43. The number of carbonyl (C=O) groups is 4. The third-order valence-electron chi connectivity index (χ3n) is 6.53. The molecule has 0 fully saturated rings. The van der Waals surface area contributed by atoms with Crippen molar-refractivity contribution in [3.63, 3.8) is 0 Å². The van der Waals surface area contributed by atoms with Crippen molar-refractivity contribution in [3.05, 3.63) is 0 Å². The molecule has 0 aromatic carbocycles. The summed E-state index contributed by atoms with van der Waals surface area (Å²) in [4.78, 5) is 59.6. The molecule has 0 saturated heterocycles. The Balaban J connectivity index is 5.60. The molecule has 0 radical (unpaired) electrons. The maximum Gasteiger partial charge on any atom is 0.237 e. The highest BCUT2D eigenvalue weighted by Crippen LogP contribution is 2.17. The smallest absolute Gasteiger partial charge is 0.237 e. The zero-order chi connectivity index (χ0) is 31.2. The standard InChI is InChI=1S/C26H53N11O4/c1-17(38)20(10-6-14-34-25(30)31)36-23(40)18(8-2-4-12-27)16-22(39)21(11-7-15-35-26(32)33)37-24(41)19(29)9-3-5-13-28/h18-21H,2-16,27-29H2,1H3,(H,36,40)(H,37,41)(H4,30,31,34)(H4,32,33,35)/t18-,19+,20-,21-/m1/s1. The van der Waals surface area contributed by atoms with Crippen molar-refractivity contribution in [2.45, 2.75) is 95.7 Å². The summed E-state index contributed by atoms with van der Waals surface area (Å²) in [5, 5.41) is 5.53. The number of nitrogens with two attached hydrogens (primary N) is 7. The molecule has 0 rings (SSSR count). The van der Waals surface area contributed by atoms with Gasteiger partial charge in [-0.25, -0.2) is 0 Å². The molecule has 2 amide bonds. The van der Waals surface area contributed by atoms with Crippen LogP contribution in [0.2, 0.25) is 0 Å². The summed E-state index contributed by atoms with van der Waals surface area (Å²) in [6.45, 7) is 2.91. The number of aliphatic imine (C=N–C) groups is 2. The van der Waals surface area contributed by atoms with E-state index in [0.717, 1.165) is 6.42 Å². The SMILES string of the molecule is CC(=O)[C@@H](CCCN=C(N)N)NC(=O)[C@H](CCCCN)CC(=O)[C@@H](CCCN=C(N)N)NC(=O)[C@@H](N)CCCCN. The van der Waals surface area contributed by atoms with E-state index in [4.69, 9.17) is 40.1 Å². The van der Waals surface area contributed by atoms with Crippen LogP contribution >= 0.6 is 0 Å². The van der Waals surface area contributed by atoms with Gasteiger partial charge in [-0.3, -0.25) is 29.2 Å². The molecule has 0 aromatic rings. The van der Waals surface area contributed by atoms with E-state index >= 15 is 0 Å². The van der Waals surface area contributed by atoms with Crippen molar-refractivity contribution in [2.24, 2.45) is 56.0 Å². The minimum absolute atomic E-state index is 0.0525. The van der Waals surface area contributed by atoms with Crippen LogP contribution in [0.5, 0.6) is 0 Å². The third kappa shape index (κ3) is 18.6. The van der Waals surface area contributed by atoms with Gasteiger partial charge in [-0.15, -0.1) is 0 Å². The summed E-state index contributed by atoms with van der Waals surface area (Å²) in [5.41, 5.74) is 38.6. The van der Waals surface area contributed by atoms with Gasteiger partial charge in [0.05, 0.1) is 18.1 Å². The number of ketones is 2. The van der Waals surface area contributed by atoms with Crippen LogP contribution in [-0.2, 0) is 19.2 Å². The summed E-state index contributed by atoms with van der Waals surface area (Å²) >= 11 is 0. The van der Waals surface area contributed by atoms with Crippen LogP contribution in [0.25, 0.3) is 0 Å². The molecule has 15 nitrogen and oxygen atoms in total. The number of guanidine groups is 2. The van der Waals surface area contributed by atoms with Crippen molar-refractivity contribution in [3.8, 4) is 0 Å². The van der Waals surface area contributed by atoms with Gasteiger partial charge in [0.1, 0.15) is 0 Å². The first-order chi connectivity index (χ1) is 19.4. The molecule has 0 spiro atoms. The minimum Gasteiger partial charge on any atom is -0.370 e. The number of carbonyl (C=O) groups excluding carboxylic acids is 4. The van der Waals surface area contributed by atoms with Gasteiger partial charge >= 0.3 is 0 Å². The Morgan fingerprint density at radius 3 is 1.63 bits per heavy atom. The molecule has 16 N–H and O–H groups in total. The first kappa shape index (κ1) is 37.7. The highest BCUT2D eigenvalue weighted by molar-refractivity contribution is 5.94. The molecule has 0 bridgehead atoms. The highest BCUT2D eigenvalue weighted by atomic mass is 16.2. The molecular formula is C26H53N11O4. The van der Waals surface area contributed by atoms with Crippen molar-refractivity contribution in [2.75, 3.05) is 26.2 Å². The second kappa shape index (κ2) is 22.4. The predicted octanol–water partition coefficient (Wildman–Crippen LogP) is -2.19. The largest absolute Gasteiger partial charge is 0.370 e. The van der Waals surface area contributed by atoms with Crippen molar-refractivity contribution >= 4 is 35.3 Å². The molecule has 0 aliphatic carbocycles. The number of Topliss-reactive ketones (excluding diaryl/α,β-unsaturated/α-hetero) is 2. The molecule has 0 aliphatic rings. The number of rotatable bonds is 24. The monoisotopic (exact) mass is 583 g/mol. The zero-order valence-corrected chi connectivity index (χ0v) is 24.5. The first-order valence-corrected chi connectivity index (χ1v) is 14.3. The Kier molecular flexibility index (Phi) is 20.6. The number of unbranched alkanes of at least 4 members (excludes halogenated alkanes) is 2. The highest BCUT2D eigenvalue weighted by Gasteiger charge is 2.30. The van der Waals surface area contributed by atoms with E-state index in [1.807, 2.05) is 0 Å². The van der Waals surface area contributed by atoms with Gasteiger partial charge in [-0.2, -0.15) is 0 Å². The van der Waals surface area contributed by atoms with Crippen LogP contribution in [0, 0.1) is 5.92 Å². The lowest BCUT2D eigenvalue weighted by molar-refractivity contribution is -0.134. The molecule has 4 atom stereocenters. The van der Waals surface area contributed by atoms with E-state index < -0.39 is 35.9 Å². The topological polar surface area (TPSA) is 299 Å². The molecule has 15 heteroatoms. The van der Waals surface area contributed by atoms with Gasteiger partial charge in [0.2, 0.25) is 11.8 Å². The second-order valence-electron chi connectivity index (χ2n) is 10.2. The van der Waals surface area contributed by atoms with Gasteiger partial charge < -0.3 is 50.8 Å². The van der Waals surface area contributed by atoms with E-state index in [9.17, 15) is 19.2 Å². The van der Waals surface area contributed by atoms with E-state index in [1.54, 1.807) is 0 Å². The van der Waals surface area contributed by atoms with Gasteiger partial charge in [0.15, 0.2) is 23.5 Å². The lowest BCUT2D eigenvalue weighted by Crippen LogP contribution is -2.49. The molecule has 0 saturated carbocycles. The summed E-state index contributed by atoms with van der Waals surface area (Å²) in [7, 11) is 0. The Morgan fingerprint density at radius 1 is 0.659 bits per heavy atom. The quantitative estimate of drug-likeness (QED) is 0.0334. The van der Waals surface area contributed by atoms with Crippen molar-refractivity contribution in [1.82, 2.24) is 10.6 Å². The fraction of sp³-hybridized carbons (Fsp3) is 0.769. The number of nitrogens with zero attached hydrogens (tertiary/aromatic N) is 2. The molecular weight excluding hydrogens is 530 g/mol. The van der Waals surface area contributed by atoms with Gasteiger partial charge in [0, 0.05) is 25.4 Å². The number of amides is 2. The van der Waals surface area contributed by atoms with E-state index in [0.29, 0.717) is 71.0 Å². The summed E-state index contributed by atoms with van der Waals surface area (Å²) < 4.78 is 0. The average Bonchev–Trinajstić information content (AvgIpc) is 2.90. The molecule has 0 heterocycles. The Morgan fingerprint density at radius 2 is 1.15 bits per heavy atom. The van der Waals surface area contributed by atoms with Crippen LogP contribution in [0.3, 0.4) is 0 Å². The van der Waals surface area contributed by atoms with Crippen LogP contribution in [0.1, 0.15) is 77.6 Å². The summed E-state index contributed by atoms with van der Waals surface area (Å²) in [5.74, 6) is -2.26. The minimum atomic E-state index is -0.884. The fourth-order valence-corrected chi connectivity index (χ4v) is 4.15. The number of hydrogen-bond donors (Lipinski definition) is 9. The Labute approximate surface area is 243 Å². The zero-order valence-electron chi connectivity index (χ0n) is 24.5. The number of nitrogens with one attached hydrogen (secondary N) is 2. The second-order valence-corrected chi connectivity index (χ2v) is 10.2. The molecule has 236 valence electrons. The van der Waals surface area contributed by atoms with Crippen molar-refractivity contribution in [1.29, 1.82) is 0 Å². The van der Waals surface area contributed by atoms with E-state index in [1.165, 1.54) is 6.92 Å². The van der Waals surface area contributed by atoms with Crippen LogP contribution in [0.15, 0.2) is 9.98 Å². The van der Waals surface area contributed by atoms with Crippen LogP contribution in [-0.4, -0.2) is 79.6 Å².